The number of hydrogen-bond acceptors (Lipinski definition) is 12. The molecule has 56 heavy (non-hydrogen) atoms. The lowest BCUT2D eigenvalue weighted by atomic mass is 10.0. The zero-order chi connectivity index (χ0) is 41.1. The number of nitrogens with one attached hydrogen (secondary N) is 1. The van der Waals surface area contributed by atoms with Crippen LogP contribution < -0.4 is 14.8 Å². The van der Waals surface area contributed by atoms with E-state index in [1.807, 2.05) is 6.07 Å². The Kier molecular flexibility index (Phi) is 13.7. The van der Waals surface area contributed by atoms with Gasteiger partial charge >= 0.3 is 35.9 Å². The third kappa shape index (κ3) is 12.5. The fourth-order valence-electron chi connectivity index (χ4n) is 4.81. The summed E-state index contributed by atoms with van der Waals surface area (Å²) in [5, 5.41) is 2.54. The molecule has 0 aliphatic heterocycles. The molecule has 0 saturated carbocycles. The van der Waals surface area contributed by atoms with Gasteiger partial charge in [0.05, 0.1) is 11.1 Å². The van der Waals surface area contributed by atoms with Gasteiger partial charge in [-0.3, -0.25) is 0 Å². The maximum atomic E-state index is 13.6. The van der Waals surface area contributed by atoms with Crippen LogP contribution in [0.2, 0.25) is 0 Å². The predicted octanol–water partition coefficient (Wildman–Crippen LogP) is 6.95. The number of ether oxygens (including phenoxy) is 6. The molecule has 13 heteroatoms. The van der Waals surface area contributed by atoms with Gasteiger partial charge in [-0.2, -0.15) is 0 Å². The van der Waals surface area contributed by atoms with Crippen LogP contribution in [0.4, 0.5) is 4.79 Å². The summed E-state index contributed by atoms with van der Waals surface area (Å²) in [4.78, 5) is 79.0. The van der Waals surface area contributed by atoms with Crippen molar-refractivity contribution in [1.82, 2.24) is 5.32 Å². The zero-order valence-electron chi connectivity index (χ0n) is 32.3. The first-order valence-electron chi connectivity index (χ1n) is 17.7. The highest BCUT2D eigenvalue weighted by Gasteiger charge is 2.38. The summed E-state index contributed by atoms with van der Waals surface area (Å²) in [6.07, 6.45) is -1.08. The highest BCUT2D eigenvalue weighted by Crippen LogP contribution is 2.32. The van der Waals surface area contributed by atoms with Crippen LogP contribution in [0.25, 0.3) is 0 Å². The molecule has 4 rings (SSSR count). The van der Waals surface area contributed by atoms with E-state index in [9.17, 15) is 28.8 Å². The summed E-state index contributed by atoms with van der Waals surface area (Å²) < 4.78 is 33.2. The molecule has 0 radical (unpaired) electrons. The minimum Gasteiger partial charge on any atom is -0.459 e. The van der Waals surface area contributed by atoms with E-state index in [0.717, 1.165) is 0 Å². The average Bonchev–Trinajstić information content (AvgIpc) is 3.14. The third-order valence-corrected chi connectivity index (χ3v) is 7.75. The van der Waals surface area contributed by atoms with E-state index < -0.39 is 58.8 Å². The van der Waals surface area contributed by atoms with Gasteiger partial charge in [0.1, 0.15) is 18.2 Å². The van der Waals surface area contributed by atoms with Crippen LogP contribution in [0.15, 0.2) is 109 Å². The van der Waals surface area contributed by atoms with Crippen LogP contribution in [0, 0.1) is 0 Å². The van der Waals surface area contributed by atoms with Crippen LogP contribution in [-0.2, 0) is 46.4 Å². The summed E-state index contributed by atoms with van der Waals surface area (Å²) in [6.45, 7) is 10.2. The molecule has 294 valence electrons. The summed E-state index contributed by atoms with van der Waals surface area (Å²) in [5.74, 6) is -5.01. The molecular formula is C43H45NO12. The van der Waals surface area contributed by atoms with Crippen molar-refractivity contribution in [2.75, 3.05) is 0 Å². The predicted molar refractivity (Wildman–Crippen MR) is 203 cm³/mol. The van der Waals surface area contributed by atoms with Crippen molar-refractivity contribution in [2.24, 2.45) is 0 Å². The molecule has 0 bridgehead atoms. The first kappa shape index (κ1) is 42.2. The van der Waals surface area contributed by atoms with Gasteiger partial charge in [-0.1, -0.05) is 72.8 Å². The van der Waals surface area contributed by atoms with Gasteiger partial charge in [-0.15, -0.1) is 0 Å². The Balaban J connectivity index is 1.64. The molecule has 0 saturated heterocycles. The second-order valence-corrected chi connectivity index (χ2v) is 14.6. The number of hydrogen-bond donors (Lipinski definition) is 1. The molecule has 13 nitrogen and oxygen atoms in total. The molecule has 0 spiro atoms. The van der Waals surface area contributed by atoms with Crippen LogP contribution in [0.5, 0.6) is 11.5 Å². The number of carbonyl (C=O) groups excluding carboxylic acids is 6. The van der Waals surface area contributed by atoms with Gasteiger partial charge in [0, 0.05) is 6.42 Å². The van der Waals surface area contributed by atoms with Gasteiger partial charge in [-0.05, 0) is 96.0 Å². The molecule has 0 fully saturated rings. The first-order chi connectivity index (χ1) is 26.3. The normalized spacial score (nSPS) is 12.0. The van der Waals surface area contributed by atoms with E-state index in [1.54, 1.807) is 81.4 Å². The van der Waals surface area contributed by atoms with E-state index in [2.05, 4.69) is 5.32 Å². The molecule has 0 aliphatic rings. The van der Waals surface area contributed by atoms with Gasteiger partial charge in [0.15, 0.2) is 11.5 Å². The first-order valence-corrected chi connectivity index (χ1v) is 17.7. The minimum absolute atomic E-state index is 0.0780. The number of rotatable bonds is 14. The summed E-state index contributed by atoms with van der Waals surface area (Å²) in [5.41, 5.74) is -3.12. The minimum atomic E-state index is -1.85. The van der Waals surface area contributed by atoms with Crippen LogP contribution in [0.1, 0.15) is 80.3 Å². The lowest BCUT2D eigenvalue weighted by Crippen LogP contribution is -2.45. The van der Waals surface area contributed by atoms with Crippen LogP contribution in [-0.4, -0.2) is 58.8 Å². The molecule has 0 aromatic heterocycles. The molecule has 1 N–H and O–H groups in total. The van der Waals surface area contributed by atoms with E-state index in [4.69, 9.17) is 28.4 Å². The molecular weight excluding hydrogens is 722 g/mol. The molecule has 4 aromatic rings. The maximum absolute atomic E-state index is 13.6. The topological polar surface area (TPSA) is 170 Å². The number of esters is 5. The number of alkyl carbamates (subject to hydrolysis) is 1. The second kappa shape index (κ2) is 18.2. The van der Waals surface area contributed by atoms with Gasteiger partial charge in [-0.25, -0.2) is 28.8 Å². The van der Waals surface area contributed by atoms with E-state index in [0.29, 0.717) is 11.1 Å². The Bertz CT molecular complexity index is 2020. The number of amides is 1. The van der Waals surface area contributed by atoms with Crippen molar-refractivity contribution in [2.45, 2.75) is 84.3 Å². The quantitative estimate of drug-likeness (QED) is 0.0797. The largest absolute Gasteiger partial charge is 0.459 e. The van der Waals surface area contributed by atoms with Crippen molar-refractivity contribution in [3.05, 3.63) is 131 Å². The summed E-state index contributed by atoms with van der Waals surface area (Å²) in [6, 6.07) is 27.8. The monoisotopic (exact) mass is 767 g/mol. The SMILES string of the molecule is CC(C)(C)OC(=O)N[C@@H](Cc1ccc(OC(=O)C(C)(C)OC(=O)c2ccccc2)c(OC(=O)C(C)(C)OC(=O)c2ccccc2)c1)C(=O)OCc1ccccc1. The van der Waals surface area contributed by atoms with Gasteiger partial charge in [0.25, 0.3) is 0 Å². The molecule has 0 heterocycles. The molecule has 4 aromatic carbocycles. The van der Waals surface area contributed by atoms with Crippen molar-refractivity contribution >= 4 is 35.9 Å². The molecule has 1 atom stereocenters. The molecule has 1 amide bonds. The number of benzene rings is 4. The Morgan fingerprint density at radius 3 is 1.50 bits per heavy atom. The highest BCUT2D eigenvalue weighted by molar-refractivity contribution is 5.94. The Labute approximate surface area is 325 Å². The highest BCUT2D eigenvalue weighted by atomic mass is 16.6. The Morgan fingerprint density at radius 2 is 1.02 bits per heavy atom. The summed E-state index contributed by atoms with van der Waals surface area (Å²) >= 11 is 0. The van der Waals surface area contributed by atoms with E-state index in [-0.39, 0.29) is 35.7 Å². The van der Waals surface area contributed by atoms with E-state index in [1.165, 1.54) is 70.2 Å². The smallest absolute Gasteiger partial charge is 0.408 e. The fraction of sp³-hybridized carbons (Fsp3) is 0.302. The average molecular weight is 768 g/mol. The summed E-state index contributed by atoms with van der Waals surface area (Å²) in [7, 11) is 0. The fourth-order valence-corrected chi connectivity index (χ4v) is 4.81. The van der Waals surface area contributed by atoms with E-state index >= 15 is 0 Å². The van der Waals surface area contributed by atoms with Crippen LogP contribution in [0.3, 0.4) is 0 Å². The Morgan fingerprint density at radius 1 is 0.554 bits per heavy atom. The lowest BCUT2D eigenvalue weighted by molar-refractivity contribution is -0.155. The maximum Gasteiger partial charge on any atom is 0.408 e. The molecule has 0 unspecified atom stereocenters. The third-order valence-electron chi connectivity index (χ3n) is 7.75. The van der Waals surface area contributed by atoms with Crippen molar-refractivity contribution in [1.29, 1.82) is 0 Å². The van der Waals surface area contributed by atoms with Crippen LogP contribution >= 0.6 is 0 Å². The zero-order valence-corrected chi connectivity index (χ0v) is 32.3. The number of carbonyl (C=O) groups is 6. The van der Waals surface area contributed by atoms with Crippen molar-refractivity contribution in [3.63, 3.8) is 0 Å². The second-order valence-electron chi connectivity index (χ2n) is 14.6. The van der Waals surface area contributed by atoms with Gasteiger partial charge < -0.3 is 33.7 Å². The van der Waals surface area contributed by atoms with Crippen molar-refractivity contribution in [3.8, 4) is 11.5 Å². The molecule has 0 aliphatic carbocycles. The standard InChI is InChI=1S/C43H45NO12/c1-41(2,3)56-40(50)44-32(37(47)51-27-28-17-11-8-12-18-28)25-29-23-24-33(52-38(48)42(4,5)54-35(45)30-19-13-9-14-20-30)34(26-29)53-39(49)43(6,7)55-36(46)31-21-15-10-16-22-31/h8-24,26,32H,25,27H2,1-7H3,(H,44,50)/t32-/m0/s1. The Hall–Kier alpha value is -6.50. The van der Waals surface area contributed by atoms with Crippen molar-refractivity contribution < 1.29 is 57.2 Å². The lowest BCUT2D eigenvalue weighted by Gasteiger charge is -2.25. The van der Waals surface area contributed by atoms with Gasteiger partial charge in [0.2, 0.25) is 11.2 Å².